The lowest BCUT2D eigenvalue weighted by atomic mass is 10.0. The number of amides is 2. The zero-order valence-electron chi connectivity index (χ0n) is 12.6. The van der Waals surface area contributed by atoms with E-state index in [2.05, 4.69) is 10.6 Å². The SMILES string of the molecule is CC(C)C(NC(=O)c1cccn1C1CCNCC1)C(N)=O. The van der Waals surface area contributed by atoms with Gasteiger partial charge in [-0.25, -0.2) is 0 Å². The number of piperidine rings is 1. The lowest BCUT2D eigenvalue weighted by Crippen LogP contribution is -2.48. The first-order chi connectivity index (χ1) is 10.0. The van der Waals surface area contributed by atoms with Gasteiger partial charge in [0.2, 0.25) is 5.91 Å². The van der Waals surface area contributed by atoms with Gasteiger partial charge < -0.3 is 20.9 Å². The fraction of sp³-hybridized carbons (Fsp3) is 0.600. The number of carbonyl (C=O) groups is 2. The van der Waals surface area contributed by atoms with Crippen LogP contribution in [0.25, 0.3) is 0 Å². The van der Waals surface area contributed by atoms with Crippen LogP contribution in [0.5, 0.6) is 0 Å². The van der Waals surface area contributed by atoms with E-state index in [0.717, 1.165) is 25.9 Å². The summed E-state index contributed by atoms with van der Waals surface area (Å²) in [7, 11) is 0. The fourth-order valence-electron chi connectivity index (χ4n) is 2.77. The highest BCUT2D eigenvalue weighted by Crippen LogP contribution is 2.21. The van der Waals surface area contributed by atoms with E-state index in [1.165, 1.54) is 0 Å². The highest BCUT2D eigenvalue weighted by atomic mass is 16.2. The summed E-state index contributed by atoms with van der Waals surface area (Å²) < 4.78 is 2.01. The number of aromatic nitrogens is 1. The van der Waals surface area contributed by atoms with Gasteiger partial charge in [-0.1, -0.05) is 13.8 Å². The van der Waals surface area contributed by atoms with E-state index in [-0.39, 0.29) is 11.8 Å². The van der Waals surface area contributed by atoms with E-state index in [1.54, 1.807) is 6.07 Å². The zero-order valence-corrected chi connectivity index (χ0v) is 12.6. The van der Waals surface area contributed by atoms with Crippen molar-refractivity contribution < 1.29 is 9.59 Å². The highest BCUT2D eigenvalue weighted by Gasteiger charge is 2.25. The van der Waals surface area contributed by atoms with Crippen LogP contribution in [0.4, 0.5) is 0 Å². The van der Waals surface area contributed by atoms with Crippen molar-refractivity contribution in [3.8, 4) is 0 Å². The van der Waals surface area contributed by atoms with Crippen LogP contribution in [0.2, 0.25) is 0 Å². The molecule has 1 aromatic rings. The van der Waals surface area contributed by atoms with Crippen molar-refractivity contribution in [2.24, 2.45) is 11.7 Å². The Morgan fingerprint density at radius 1 is 1.38 bits per heavy atom. The third-order valence-electron chi connectivity index (χ3n) is 3.97. The van der Waals surface area contributed by atoms with Gasteiger partial charge in [0, 0.05) is 12.2 Å². The predicted molar refractivity (Wildman–Crippen MR) is 80.9 cm³/mol. The van der Waals surface area contributed by atoms with Gasteiger partial charge in [-0.05, 0) is 44.0 Å². The summed E-state index contributed by atoms with van der Waals surface area (Å²) in [6.07, 6.45) is 3.93. The van der Waals surface area contributed by atoms with Crippen molar-refractivity contribution in [2.45, 2.75) is 38.8 Å². The van der Waals surface area contributed by atoms with Crippen molar-refractivity contribution in [2.75, 3.05) is 13.1 Å². The molecule has 1 saturated heterocycles. The molecule has 2 rings (SSSR count). The van der Waals surface area contributed by atoms with E-state index in [9.17, 15) is 9.59 Å². The summed E-state index contributed by atoms with van der Waals surface area (Å²) in [6, 6.07) is 3.34. The number of primary amides is 1. The molecule has 1 aliphatic heterocycles. The molecule has 0 saturated carbocycles. The lowest BCUT2D eigenvalue weighted by molar-refractivity contribution is -0.120. The van der Waals surface area contributed by atoms with E-state index in [4.69, 9.17) is 5.73 Å². The molecule has 0 bridgehead atoms. The summed E-state index contributed by atoms with van der Waals surface area (Å²) in [5, 5.41) is 6.06. The Hall–Kier alpha value is -1.82. The third-order valence-corrected chi connectivity index (χ3v) is 3.97. The zero-order chi connectivity index (χ0) is 15.4. The Morgan fingerprint density at radius 3 is 2.62 bits per heavy atom. The van der Waals surface area contributed by atoms with Gasteiger partial charge in [-0.3, -0.25) is 9.59 Å². The van der Waals surface area contributed by atoms with Gasteiger partial charge in [-0.2, -0.15) is 0 Å². The van der Waals surface area contributed by atoms with Crippen molar-refractivity contribution in [1.29, 1.82) is 0 Å². The van der Waals surface area contributed by atoms with Crippen LogP contribution < -0.4 is 16.4 Å². The molecule has 0 spiro atoms. The normalized spacial score (nSPS) is 17.7. The maximum atomic E-state index is 12.4. The minimum absolute atomic E-state index is 0.0336. The van der Waals surface area contributed by atoms with E-state index in [1.807, 2.05) is 30.7 Å². The number of carbonyl (C=O) groups excluding carboxylic acids is 2. The molecule has 1 aliphatic rings. The average molecular weight is 292 g/mol. The number of rotatable bonds is 5. The van der Waals surface area contributed by atoms with Crippen LogP contribution in [-0.2, 0) is 4.79 Å². The molecule has 0 radical (unpaired) electrons. The minimum Gasteiger partial charge on any atom is -0.368 e. The standard InChI is InChI=1S/C15H24N4O2/c1-10(2)13(14(16)20)18-15(21)12-4-3-9-19(12)11-5-7-17-8-6-11/h3-4,9-11,13,17H,5-8H2,1-2H3,(H2,16,20)(H,18,21). The summed E-state index contributed by atoms with van der Waals surface area (Å²) in [5.74, 6) is -0.775. The predicted octanol–water partition coefficient (Wildman–Crippen LogP) is 0.652. The Morgan fingerprint density at radius 2 is 2.05 bits per heavy atom. The Bertz CT molecular complexity index is 504. The quantitative estimate of drug-likeness (QED) is 0.744. The van der Waals surface area contributed by atoms with Crippen LogP contribution in [0.15, 0.2) is 18.3 Å². The molecule has 4 N–H and O–H groups in total. The summed E-state index contributed by atoms with van der Waals surface area (Å²) in [6.45, 7) is 5.64. The molecular formula is C15H24N4O2. The van der Waals surface area contributed by atoms with E-state index >= 15 is 0 Å². The minimum atomic E-state index is -0.645. The van der Waals surface area contributed by atoms with Gasteiger partial charge in [-0.15, -0.1) is 0 Å². The first-order valence-electron chi connectivity index (χ1n) is 7.48. The molecule has 6 heteroatoms. The molecule has 6 nitrogen and oxygen atoms in total. The first kappa shape index (κ1) is 15.6. The van der Waals surface area contributed by atoms with Crippen LogP contribution >= 0.6 is 0 Å². The van der Waals surface area contributed by atoms with Gasteiger partial charge in [0.05, 0.1) is 0 Å². The van der Waals surface area contributed by atoms with Crippen molar-refractivity contribution in [3.05, 3.63) is 24.0 Å². The maximum absolute atomic E-state index is 12.4. The topological polar surface area (TPSA) is 89.2 Å². The summed E-state index contributed by atoms with van der Waals surface area (Å²) in [5.41, 5.74) is 5.94. The van der Waals surface area contributed by atoms with E-state index < -0.39 is 11.9 Å². The largest absolute Gasteiger partial charge is 0.368 e. The number of nitrogens with zero attached hydrogens (tertiary/aromatic N) is 1. The molecule has 1 aromatic heterocycles. The van der Waals surface area contributed by atoms with Gasteiger partial charge in [0.1, 0.15) is 11.7 Å². The van der Waals surface area contributed by atoms with Gasteiger partial charge >= 0.3 is 0 Å². The summed E-state index contributed by atoms with van der Waals surface area (Å²) in [4.78, 5) is 23.9. The molecule has 0 aromatic carbocycles. The fourth-order valence-corrected chi connectivity index (χ4v) is 2.77. The Balaban J connectivity index is 2.12. The average Bonchev–Trinajstić information content (AvgIpc) is 2.94. The smallest absolute Gasteiger partial charge is 0.268 e. The Kier molecular flexibility index (Phi) is 5.01. The van der Waals surface area contributed by atoms with Gasteiger partial charge in [0.15, 0.2) is 0 Å². The number of hydrogen-bond acceptors (Lipinski definition) is 3. The second-order valence-electron chi connectivity index (χ2n) is 5.88. The first-order valence-corrected chi connectivity index (χ1v) is 7.48. The Labute approximate surface area is 125 Å². The lowest BCUT2D eigenvalue weighted by Gasteiger charge is -2.26. The molecule has 116 valence electrons. The second-order valence-corrected chi connectivity index (χ2v) is 5.88. The molecule has 0 aliphatic carbocycles. The molecular weight excluding hydrogens is 268 g/mol. The van der Waals surface area contributed by atoms with Crippen molar-refractivity contribution in [1.82, 2.24) is 15.2 Å². The van der Waals surface area contributed by atoms with Crippen molar-refractivity contribution >= 4 is 11.8 Å². The van der Waals surface area contributed by atoms with Crippen LogP contribution in [0.1, 0.15) is 43.2 Å². The van der Waals surface area contributed by atoms with Crippen LogP contribution in [0.3, 0.4) is 0 Å². The highest BCUT2D eigenvalue weighted by molar-refractivity contribution is 5.96. The van der Waals surface area contributed by atoms with Gasteiger partial charge in [0.25, 0.3) is 5.91 Å². The number of nitrogens with one attached hydrogen (secondary N) is 2. The number of nitrogens with two attached hydrogens (primary N) is 1. The molecule has 1 atom stereocenters. The van der Waals surface area contributed by atoms with Crippen LogP contribution in [-0.4, -0.2) is 35.5 Å². The molecule has 21 heavy (non-hydrogen) atoms. The molecule has 2 heterocycles. The monoisotopic (exact) mass is 292 g/mol. The van der Waals surface area contributed by atoms with Crippen molar-refractivity contribution in [3.63, 3.8) is 0 Å². The van der Waals surface area contributed by atoms with E-state index in [0.29, 0.717) is 11.7 Å². The molecule has 1 unspecified atom stereocenters. The molecule has 1 fully saturated rings. The third kappa shape index (κ3) is 3.64. The number of hydrogen-bond donors (Lipinski definition) is 3. The maximum Gasteiger partial charge on any atom is 0.268 e. The molecule has 2 amide bonds. The second kappa shape index (κ2) is 6.76. The van der Waals surface area contributed by atoms with Crippen LogP contribution in [0, 0.1) is 5.92 Å². The summed E-state index contributed by atoms with van der Waals surface area (Å²) >= 11 is 0.